The van der Waals surface area contributed by atoms with Crippen LogP contribution < -0.4 is 5.32 Å². The second kappa shape index (κ2) is 5.83. The van der Waals surface area contributed by atoms with Crippen LogP contribution in [-0.2, 0) is 14.3 Å². The van der Waals surface area contributed by atoms with Gasteiger partial charge in [0.15, 0.2) is 0 Å². The number of hydrogen-bond acceptors (Lipinski definition) is 4. The first-order valence-corrected chi connectivity index (χ1v) is 7.20. The Balaban J connectivity index is 2.01. The number of hydrogen-bond donors (Lipinski definition) is 1. The fourth-order valence-corrected chi connectivity index (χ4v) is 1.86. The Morgan fingerprint density at radius 2 is 1.64 bits per heavy atom. The van der Waals surface area contributed by atoms with Crippen molar-refractivity contribution in [2.75, 3.05) is 5.32 Å². The largest absolute Gasteiger partial charge is 0.455 e. The average Bonchev–Trinajstić information content (AvgIpc) is 2.59. The minimum atomic E-state index is -0.382. The van der Waals surface area contributed by atoms with Crippen molar-refractivity contribution in [3.05, 3.63) is 36.3 Å². The molecule has 0 aliphatic carbocycles. The number of nitrogens with one attached hydrogen (secondary N) is 1. The molecule has 5 heteroatoms. The van der Waals surface area contributed by atoms with E-state index in [1.54, 1.807) is 24.4 Å². The fraction of sp³-hybridized carbons (Fsp3) is 0.412. The van der Waals surface area contributed by atoms with E-state index in [4.69, 9.17) is 9.47 Å². The SMILES string of the molecule is CC(=O)Nc1ccc(N=CC=C2OC(C)(C)C(C)(C)O2)cc1. The van der Waals surface area contributed by atoms with Crippen molar-refractivity contribution in [2.45, 2.75) is 45.8 Å². The molecule has 0 aromatic heterocycles. The van der Waals surface area contributed by atoms with E-state index >= 15 is 0 Å². The molecule has 1 amide bonds. The van der Waals surface area contributed by atoms with Crippen molar-refractivity contribution < 1.29 is 14.3 Å². The molecule has 0 saturated carbocycles. The molecular weight excluding hydrogens is 280 g/mol. The molecule has 0 bridgehead atoms. The van der Waals surface area contributed by atoms with Gasteiger partial charge in [-0.1, -0.05) is 0 Å². The Morgan fingerprint density at radius 3 is 2.14 bits per heavy atom. The van der Waals surface area contributed by atoms with Gasteiger partial charge in [-0.2, -0.15) is 0 Å². The second-order valence-corrected chi connectivity index (χ2v) is 6.22. The molecular formula is C17H22N2O3. The molecule has 1 fully saturated rings. The van der Waals surface area contributed by atoms with E-state index in [2.05, 4.69) is 10.3 Å². The summed E-state index contributed by atoms with van der Waals surface area (Å²) in [6.07, 6.45) is 3.35. The zero-order chi connectivity index (χ0) is 16.4. The predicted octanol–water partition coefficient (Wildman–Crippen LogP) is 3.79. The Bertz CT molecular complexity index is 595. The molecule has 22 heavy (non-hydrogen) atoms. The highest BCUT2D eigenvalue weighted by Crippen LogP contribution is 2.39. The van der Waals surface area contributed by atoms with Gasteiger partial charge in [0.25, 0.3) is 5.95 Å². The summed E-state index contributed by atoms with van der Waals surface area (Å²) < 4.78 is 11.5. The minimum Gasteiger partial charge on any atom is -0.455 e. The first kappa shape index (κ1) is 16.1. The summed E-state index contributed by atoms with van der Waals surface area (Å²) >= 11 is 0. The number of carbonyl (C=O) groups is 1. The summed E-state index contributed by atoms with van der Waals surface area (Å²) in [5, 5.41) is 2.71. The van der Waals surface area contributed by atoms with E-state index in [0.717, 1.165) is 11.4 Å². The van der Waals surface area contributed by atoms with Gasteiger partial charge in [-0.05, 0) is 52.0 Å². The van der Waals surface area contributed by atoms with Gasteiger partial charge in [-0.15, -0.1) is 0 Å². The predicted molar refractivity (Wildman–Crippen MR) is 87.3 cm³/mol. The van der Waals surface area contributed by atoms with Crippen LogP contribution in [0.25, 0.3) is 0 Å². The molecule has 1 aromatic carbocycles. The van der Waals surface area contributed by atoms with Crippen molar-refractivity contribution >= 4 is 23.5 Å². The summed E-state index contributed by atoms with van der Waals surface area (Å²) in [5.74, 6) is 0.371. The van der Waals surface area contributed by atoms with Crippen LogP contribution in [0.15, 0.2) is 41.3 Å². The van der Waals surface area contributed by atoms with Crippen LogP contribution in [-0.4, -0.2) is 23.3 Å². The number of nitrogens with zero attached hydrogens (tertiary/aromatic N) is 1. The Hall–Kier alpha value is -2.30. The van der Waals surface area contributed by atoms with Crippen LogP contribution in [0.4, 0.5) is 11.4 Å². The number of ether oxygens (including phenoxy) is 2. The van der Waals surface area contributed by atoms with Gasteiger partial charge in [-0.25, -0.2) is 0 Å². The van der Waals surface area contributed by atoms with Crippen LogP contribution in [0.5, 0.6) is 0 Å². The summed E-state index contributed by atoms with van der Waals surface area (Å²) in [6.45, 7) is 9.44. The van der Waals surface area contributed by atoms with Gasteiger partial charge in [-0.3, -0.25) is 9.79 Å². The van der Waals surface area contributed by atoms with Crippen LogP contribution in [0.2, 0.25) is 0 Å². The summed E-state index contributed by atoms with van der Waals surface area (Å²) in [4.78, 5) is 15.3. The van der Waals surface area contributed by atoms with Gasteiger partial charge < -0.3 is 14.8 Å². The van der Waals surface area contributed by atoms with E-state index in [0.29, 0.717) is 5.95 Å². The Labute approximate surface area is 131 Å². The smallest absolute Gasteiger partial charge is 0.282 e. The third-order valence-corrected chi connectivity index (χ3v) is 3.78. The molecule has 1 aromatic rings. The van der Waals surface area contributed by atoms with Crippen molar-refractivity contribution in [3.8, 4) is 0 Å². The first-order chi connectivity index (χ1) is 10.2. The second-order valence-electron chi connectivity index (χ2n) is 6.22. The van der Waals surface area contributed by atoms with E-state index < -0.39 is 0 Å². The van der Waals surface area contributed by atoms with E-state index in [1.165, 1.54) is 6.92 Å². The topological polar surface area (TPSA) is 59.9 Å². The molecule has 1 saturated heterocycles. The molecule has 2 rings (SSSR count). The highest BCUT2D eigenvalue weighted by atomic mass is 16.7. The lowest BCUT2D eigenvalue weighted by molar-refractivity contribution is -0.114. The number of anilines is 1. The molecule has 0 unspecified atom stereocenters. The zero-order valence-corrected chi connectivity index (χ0v) is 13.6. The van der Waals surface area contributed by atoms with Crippen molar-refractivity contribution in [1.82, 2.24) is 0 Å². The van der Waals surface area contributed by atoms with E-state index in [-0.39, 0.29) is 17.1 Å². The van der Waals surface area contributed by atoms with Gasteiger partial charge in [0.2, 0.25) is 5.91 Å². The van der Waals surface area contributed by atoms with Crippen molar-refractivity contribution in [1.29, 1.82) is 0 Å². The molecule has 1 aliphatic rings. The van der Waals surface area contributed by atoms with Crippen LogP contribution in [0.3, 0.4) is 0 Å². The standard InChI is InChI=1S/C17H22N2O3/c1-12(20)19-14-8-6-13(7-9-14)18-11-10-15-21-16(2,3)17(4,5)22-15/h6-11H,1-5H3,(H,19,20). The molecule has 118 valence electrons. The van der Waals surface area contributed by atoms with E-state index in [9.17, 15) is 4.79 Å². The van der Waals surface area contributed by atoms with E-state index in [1.807, 2.05) is 39.8 Å². The fourth-order valence-electron chi connectivity index (χ4n) is 1.86. The lowest BCUT2D eigenvalue weighted by atomic mass is 9.90. The molecule has 1 heterocycles. The number of rotatable bonds is 3. The first-order valence-electron chi connectivity index (χ1n) is 7.20. The third-order valence-electron chi connectivity index (χ3n) is 3.78. The molecule has 1 aliphatic heterocycles. The summed E-state index contributed by atoms with van der Waals surface area (Å²) in [6, 6.07) is 7.25. The highest BCUT2D eigenvalue weighted by molar-refractivity contribution is 5.88. The monoisotopic (exact) mass is 302 g/mol. The lowest BCUT2D eigenvalue weighted by Gasteiger charge is -2.28. The molecule has 0 spiro atoms. The maximum atomic E-state index is 10.9. The van der Waals surface area contributed by atoms with Gasteiger partial charge in [0.1, 0.15) is 11.2 Å². The maximum Gasteiger partial charge on any atom is 0.282 e. The molecule has 0 atom stereocenters. The number of amides is 1. The number of benzene rings is 1. The quantitative estimate of drug-likeness (QED) is 0.864. The third kappa shape index (κ3) is 3.67. The van der Waals surface area contributed by atoms with Crippen molar-refractivity contribution in [2.24, 2.45) is 4.99 Å². The van der Waals surface area contributed by atoms with Crippen molar-refractivity contribution in [3.63, 3.8) is 0 Å². The maximum absolute atomic E-state index is 10.9. The minimum absolute atomic E-state index is 0.0956. The van der Waals surface area contributed by atoms with Gasteiger partial charge >= 0.3 is 0 Å². The molecule has 5 nitrogen and oxygen atoms in total. The number of allylic oxidation sites excluding steroid dienone is 1. The van der Waals surface area contributed by atoms with Gasteiger partial charge in [0.05, 0.1) is 5.69 Å². The number of aliphatic imine (C=N–C) groups is 1. The Kier molecular flexibility index (Phi) is 4.26. The summed E-state index contributed by atoms with van der Waals surface area (Å²) in [5.41, 5.74) is 0.762. The van der Waals surface area contributed by atoms with Crippen LogP contribution >= 0.6 is 0 Å². The highest BCUT2D eigenvalue weighted by Gasteiger charge is 2.48. The summed E-state index contributed by atoms with van der Waals surface area (Å²) in [7, 11) is 0. The molecule has 1 N–H and O–H groups in total. The lowest BCUT2D eigenvalue weighted by Crippen LogP contribution is -2.41. The Morgan fingerprint density at radius 1 is 1.09 bits per heavy atom. The zero-order valence-electron chi connectivity index (χ0n) is 13.6. The number of carbonyl (C=O) groups excluding carboxylic acids is 1. The molecule has 0 radical (unpaired) electrons. The van der Waals surface area contributed by atoms with Crippen LogP contribution in [0.1, 0.15) is 34.6 Å². The van der Waals surface area contributed by atoms with Crippen LogP contribution in [0, 0.1) is 0 Å². The average molecular weight is 302 g/mol. The normalized spacial score (nSPS) is 18.7. The van der Waals surface area contributed by atoms with Gasteiger partial charge in [0, 0.05) is 24.9 Å².